The van der Waals surface area contributed by atoms with Crippen LogP contribution in [0, 0.1) is 0 Å². The second kappa shape index (κ2) is 10.6. The van der Waals surface area contributed by atoms with Gasteiger partial charge in [0.1, 0.15) is 11.9 Å². The van der Waals surface area contributed by atoms with Crippen molar-refractivity contribution in [2.75, 3.05) is 49.5 Å². The van der Waals surface area contributed by atoms with E-state index in [0.29, 0.717) is 25.1 Å². The molecule has 1 unspecified atom stereocenters. The van der Waals surface area contributed by atoms with Gasteiger partial charge >= 0.3 is 0 Å². The summed E-state index contributed by atoms with van der Waals surface area (Å²) in [5.74, 6) is 0.875. The Bertz CT molecular complexity index is 1020. The number of halogens is 1. The smallest absolute Gasteiger partial charge is 0.260 e. The van der Waals surface area contributed by atoms with Crippen LogP contribution in [0.25, 0.3) is 5.57 Å². The summed E-state index contributed by atoms with van der Waals surface area (Å²) in [4.78, 5) is 17.5. The fourth-order valence-electron chi connectivity index (χ4n) is 5.10. The molecule has 3 aliphatic rings. The molecule has 2 aromatic rings. The molecule has 5 rings (SSSR count). The minimum absolute atomic E-state index is 0.0673. The lowest BCUT2D eigenvalue weighted by Crippen LogP contribution is -2.44. The van der Waals surface area contributed by atoms with Crippen molar-refractivity contribution in [3.05, 3.63) is 60.3 Å². The number of nitrogens with zero attached hydrogens (tertiary/aromatic N) is 2. The first-order chi connectivity index (χ1) is 16.7. The van der Waals surface area contributed by atoms with E-state index >= 15 is 0 Å². The monoisotopic (exact) mass is 464 g/mol. The summed E-state index contributed by atoms with van der Waals surface area (Å²) in [6, 6.07) is 16.1. The van der Waals surface area contributed by atoms with E-state index in [2.05, 4.69) is 15.5 Å². The summed E-state index contributed by atoms with van der Waals surface area (Å²) in [6.07, 6.45) is 4.63. The average molecular weight is 465 g/mol. The molecule has 0 bridgehead atoms. The highest BCUT2D eigenvalue weighted by molar-refractivity contribution is 6.33. The van der Waals surface area contributed by atoms with Crippen LogP contribution in [0.1, 0.15) is 31.2 Å². The molecule has 0 aliphatic carbocycles. The quantitative estimate of drug-likeness (QED) is 0.456. The Balaban J connectivity index is 1.18. The molecule has 2 saturated heterocycles. The number of benzene rings is 2. The molecule has 34 heavy (non-hydrogen) atoms. The van der Waals surface area contributed by atoms with Crippen LogP contribution in [0.3, 0.4) is 0 Å². The molecule has 1 atom stereocenters. The maximum Gasteiger partial charge on any atom is 0.260 e. The number of anilines is 2. The first kappa shape index (κ1) is 22.9. The van der Waals surface area contributed by atoms with Crippen molar-refractivity contribution in [1.29, 1.82) is 0 Å². The van der Waals surface area contributed by atoms with E-state index in [1.807, 2.05) is 59.6 Å². The van der Waals surface area contributed by atoms with Gasteiger partial charge in [0.25, 0.3) is 5.91 Å². The number of carbonyl (C=O) groups is 1. The summed E-state index contributed by atoms with van der Waals surface area (Å²) in [5, 5.41) is 6.68. The van der Waals surface area contributed by atoms with Gasteiger partial charge in [-0.3, -0.25) is 4.79 Å². The van der Waals surface area contributed by atoms with E-state index < -0.39 is 6.17 Å². The van der Waals surface area contributed by atoms with Gasteiger partial charge in [0, 0.05) is 43.1 Å². The molecule has 0 aromatic heterocycles. The molecule has 2 aromatic carbocycles. The van der Waals surface area contributed by atoms with Crippen molar-refractivity contribution in [3.63, 3.8) is 0 Å². The van der Waals surface area contributed by atoms with Crippen LogP contribution in [0.15, 0.2) is 54.7 Å². The van der Waals surface area contributed by atoms with Crippen molar-refractivity contribution in [2.24, 2.45) is 0 Å². The van der Waals surface area contributed by atoms with Crippen molar-refractivity contribution < 1.29 is 13.9 Å². The molecule has 0 saturated carbocycles. The number of likely N-dealkylation sites (tertiary alicyclic amines) is 1. The molecule has 2 N–H and O–H groups in total. The Morgan fingerprint density at radius 3 is 2.65 bits per heavy atom. The zero-order valence-electron chi connectivity index (χ0n) is 19.5. The summed E-state index contributed by atoms with van der Waals surface area (Å²) >= 11 is 0. The number of alkyl halides is 1. The topological polar surface area (TPSA) is 56.8 Å². The summed E-state index contributed by atoms with van der Waals surface area (Å²) in [6.45, 7) is 4.77. The number of piperidine rings is 1. The zero-order chi connectivity index (χ0) is 23.3. The van der Waals surface area contributed by atoms with Crippen molar-refractivity contribution in [2.45, 2.75) is 37.9 Å². The van der Waals surface area contributed by atoms with Crippen LogP contribution in [0.4, 0.5) is 15.8 Å². The SMILES string of the molecule is O=C1C(=CNc2ccc(OCCCN3CCC(F)C3)cc2)c2ccccc2N1C1CCNCC1. The lowest BCUT2D eigenvalue weighted by molar-refractivity contribution is -0.113. The Kier molecular flexibility index (Phi) is 7.11. The van der Waals surface area contributed by atoms with Crippen LogP contribution >= 0.6 is 0 Å². The maximum atomic E-state index is 13.4. The number of ether oxygens (including phenoxy) is 1. The Morgan fingerprint density at radius 1 is 1.09 bits per heavy atom. The first-order valence-corrected chi connectivity index (χ1v) is 12.4. The lowest BCUT2D eigenvalue weighted by Gasteiger charge is -2.31. The van der Waals surface area contributed by atoms with Gasteiger partial charge in [-0.1, -0.05) is 18.2 Å². The third-order valence-electron chi connectivity index (χ3n) is 6.92. The molecule has 3 aliphatic heterocycles. The Hall–Kier alpha value is -2.90. The normalized spacial score (nSPS) is 22.4. The van der Waals surface area contributed by atoms with E-state index in [0.717, 1.165) is 68.1 Å². The van der Waals surface area contributed by atoms with Crippen LogP contribution in [0.5, 0.6) is 5.75 Å². The molecule has 2 fully saturated rings. The number of amides is 1. The number of rotatable bonds is 8. The molecule has 3 heterocycles. The number of carbonyl (C=O) groups excluding carboxylic acids is 1. The molecule has 6 nitrogen and oxygen atoms in total. The predicted octanol–water partition coefficient (Wildman–Crippen LogP) is 4.05. The second-order valence-electron chi connectivity index (χ2n) is 9.29. The fourth-order valence-corrected chi connectivity index (χ4v) is 5.10. The van der Waals surface area contributed by atoms with Gasteiger partial charge in [0.15, 0.2) is 0 Å². The van der Waals surface area contributed by atoms with Gasteiger partial charge < -0.3 is 25.2 Å². The molecule has 1 amide bonds. The average Bonchev–Trinajstić information content (AvgIpc) is 3.41. The van der Waals surface area contributed by atoms with Crippen LogP contribution in [0.2, 0.25) is 0 Å². The van der Waals surface area contributed by atoms with Crippen LogP contribution < -0.4 is 20.3 Å². The minimum Gasteiger partial charge on any atom is -0.494 e. The molecule has 0 spiro atoms. The third-order valence-corrected chi connectivity index (χ3v) is 6.92. The fraction of sp³-hybridized carbons (Fsp3) is 0.444. The highest BCUT2D eigenvalue weighted by atomic mass is 19.1. The van der Waals surface area contributed by atoms with Crippen molar-refractivity contribution >= 4 is 22.9 Å². The number of hydrogen-bond donors (Lipinski definition) is 2. The zero-order valence-corrected chi connectivity index (χ0v) is 19.5. The number of nitrogens with one attached hydrogen (secondary N) is 2. The van der Waals surface area contributed by atoms with Gasteiger partial charge in [-0.25, -0.2) is 4.39 Å². The highest BCUT2D eigenvalue weighted by Gasteiger charge is 2.37. The summed E-state index contributed by atoms with van der Waals surface area (Å²) in [7, 11) is 0. The first-order valence-electron chi connectivity index (χ1n) is 12.4. The van der Waals surface area contributed by atoms with Gasteiger partial charge in [0.2, 0.25) is 0 Å². The minimum atomic E-state index is -0.670. The van der Waals surface area contributed by atoms with Gasteiger partial charge in [-0.15, -0.1) is 0 Å². The molecular weight excluding hydrogens is 431 g/mol. The van der Waals surface area contributed by atoms with E-state index in [9.17, 15) is 9.18 Å². The van der Waals surface area contributed by atoms with Gasteiger partial charge in [-0.2, -0.15) is 0 Å². The van der Waals surface area contributed by atoms with E-state index in [-0.39, 0.29) is 11.9 Å². The Labute approximate surface area is 200 Å². The molecular formula is C27H33FN4O2. The number of fused-ring (bicyclic) bond motifs is 1. The predicted molar refractivity (Wildman–Crippen MR) is 134 cm³/mol. The third kappa shape index (κ3) is 5.10. The van der Waals surface area contributed by atoms with E-state index in [1.165, 1.54) is 0 Å². The number of hydrogen-bond acceptors (Lipinski definition) is 5. The highest BCUT2D eigenvalue weighted by Crippen LogP contribution is 2.39. The van der Waals surface area contributed by atoms with Crippen molar-refractivity contribution in [3.8, 4) is 5.75 Å². The van der Waals surface area contributed by atoms with Crippen LogP contribution in [-0.4, -0.2) is 62.4 Å². The maximum absolute atomic E-state index is 13.4. The van der Waals surface area contributed by atoms with E-state index in [1.54, 1.807) is 0 Å². The largest absolute Gasteiger partial charge is 0.494 e. The Morgan fingerprint density at radius 2 is 1.88 bits per heavy atom. The molecule has 7 heteroatoms. The van der Waals surface area contributed by atoms with Crippen LogP contribution in [-0.2, 0) is 4.79 Å². The molecule has 180 valence electrons. The number of para-hydroxylation sites is 1. The van der Waals surface area contributed by atoms with Gasteiger partial charge in [0.05, 0.1) is 17.9 Å². The standard InChI is InChI=1S/C27H33FN4O2/c28-20-12-16-31(19-20)15-3-17-34-23-8-6-21(7-9-23)30-18-25-24-4-1-2-5-26(24)32(27(25)33)22-10-13-29-14-11-22/h1-2,4-9,18,20,22,29-30H,3,10-17,19H2. The summed E-state index contributed by atoms with van der Waals surface area (Å²) < 4.78 is 19.1. The molecule has 0 radical (unpaired) electrons. The summed E-state index contributed by atoms with van der Waals surface area (Å²) in [5.41, 5.74) is 3.59. The lowest BCUT2D eigenvalue weighted by atomic mass is 10.0. The second-order valence-corrected chi connectivity index (χ2v) is 9.29. The van der Waals surface area contributed by atoms with E-state index in [4.69, 9.17) is 4.74 Å². The van der Waals surface area contributed by atoms with Gasteiger partial charge in [-0.05, 0) is 69.1 Å². The van der Waals surface area contributed by atoms with Crippen molar-refractivity contribution in [1.82, 2.24) is 10.2 Å².